The summed E-state index contributed by atoms with van der Waals surface area (Å²) in [6, 6.07) is 7.68. The number of aliphatic hydroxyl groups is 1. The predicted molar refractivity (Wildman–Crippen MR) is 128 cm³/mol. The summed E-state index contributed by atoms with van der Waals surface area (Å²) in [6.45, 7) is 5.93. The van der Waals surface area contributed by atoms with E-state index in [-0.39, 0.29) is 11.3 Å². The number of Topliss-reactive ketones (excluding diaryl/α,β-unsaturated/α-hetero) is 1. The first kappa shape index (κ1) is 25.4. The van der Waals surface area contributed by atoms with E-state index in [0.29, 0.717) is 42.6 Å². The van der Waals surface area contributed by atoms with E-state index in [4.69, 9.17) is 13.9 Å². The highest BCUT2D eigenvalue weighted by Gasteiger charge is 2.44. The molecular weight excluding hydrogens is 436 g/mol. The van der Waals surface area contributed by atoms with Crippen molar-refractivity contribution in [3.63, 3.8) is 0 Å². The lowest BCUT2D eigenvalue weighted by Crippen LogP contribution is -2.33. The van der Waals surface area contributed by atoms with Crippen LogP contribution in [0.25, 0.3) is 0 Å². The van der Waals surface area contributed by atoms with Crippen molar-refractivity contribution in [3.8, 4) is 11.5 Å². The van der Waals surface area contributed by atoms with Crippen molar-refractivity contribution in [2.45, 2.75) is 32.7 Å². The van der Waals surface area contributed by atoms with Crippen LogP contribution in [-0.4, -0.2) is 67.5 Å². The third kappa shape index (κ3) is 5.62. The average Bonchev–Trinajstić information content (AvgIpc) is 3.41. The molecule has 3 rings (SSSR count). The molecule has 1 N–H and O–H groups in total. The molecule has 0 aliphatic carbocycles. The standard InChI is InChI=1S/C26H34N2O6/c1-17(2)11-15-34-19-10-9-18(16-21(19)32-5)23-22(24(29)20-8-6-14-33-20)25(30)26(31)28(23)13-7-12-27(3)4/h6,8-10,14,16-17,23,30H,7,11-13,15H2,1-5H3. The van der Waals surface area contributed by atoms with Gasteiger partial charge >= 0.3 is 0 Å². The van der Waals surface area contributed by atoms with Gasteiger partial charge in [-0.25, -0.2) is 0 Å². The highest BCUT2D eigenvalue weighted by Crippen LogP contribution is 2.41. The van der Waals surface area contributed by atoms with Gasteiger partial charge in [0.2, 0.25) is 5.78 Å². The average molecular weight is 471 g/mol. The first-order valence-corrected chi connectivity index (χ1v) is 11.5. The van der Waals surface area contributed by atoms with E-state index in [1.54, 1.807) is 31.4 Å². The number of aliphatic hydroxyl groups excluding tert-OH is 1. The third-order valence-corrected chi connectivity index (χ3v) is 5.75. The molecule has 1 aromatic carbocycles. The lowest BCUT2D eigenvalue weighted by Gasteiger charge is -2.27. The summed E-state index contributed by atoms with van der Waals surface area (Å²) in [5.41, 5.74) is 0.644. The van der Waals surface area contributed by atoms with Crippen LogP contribution in [0.3, 0.4) is 0 Å². The first-order valence-electron chi connectivity index (χ1n) is 11.5. The summed E-state index contributed by atoms with van der Waals surface area (Å²) in [7, 11) is 5.45. The molecule has 8 nitrogen and oxygen atoms in total. The number of ketones is 1. The van der Waals surface area contributed by atoms with Gasteiger partial charge in [0.1, 0.15) is 0 Å². The van der Waals surface area contributed by atoms with Crippen LogP contribution < -0.4 is 9.47 Å². The minimum atomic E-state index is -0.772. The Hall–Kier alpha value is -3.26. The number of hydrogen-bond donors (Lipinski definition) is 1. The normalized spacial score (nSPS) is 16.1. The largest absolute Gasteiger partial charge is 0.503 e. The van der Waals surface area contributed by atoms with E-state index in [1.807, 2.05) is 19.0 Å². The maximum Gasteiger partial charge on any atom is 0.290 e. The number of amides is 1. The fraction of sp³-hybridized carbons (Fsp3) is 0.462. The van der Waals surface area contributed by atoms with Crippen LogP contribution in [0.1, 0.15) is 48.8 Å². The molecule has 0 saturated heterocycles. The molecule has 1 amide bonds. The van der Waals surface area contributed by atoms with Crippen LogP contribution in [0.5, 0.6) is 11.5 Å². The summed E-state index contributed by atoms with van der Waals surface area (Å²) < 4.78 is 16.7. The molecular formula is C26H34N2O6. The Labute approximate surface area is 200 Å². The van der Waals surface area contributed by atoms with Crippen LogP contribution in [0.2, 0.25) is 0 Å². The molecule has 34 heavy (non-hydrogen) atoms. The van der Waals surface area contributed by atoms with Gasteiger partial charge in [0.05, 0.1) is 31.6 Å². The van der Waals surface area contributed by atoms with Gasteiger partial charge < -0.3 is 28.8 Å². The Morgan fingerprint density at radius 3 is 2.62 bits per heavy atom. The number of furan rings is 1. The Kier molecular flexibility index (Phi) is 8.39. The molecule has 1 aliphatic heterocycles. The summed E-state index contributed by atoms with van der Waals surface area (Å²) in [6.07, 6.45) is 2.97. The molecule has 2 aromatic rings. The van der Waals surface area contributed by atoms with Crippen molar-refractivity contribution in [2.75, 3.05) is 40.9 Å². The van der Waals surface area contributed by atoms with Gasteiger partial charge in [-0.05, 0) is 69.2 Å². The molecule has 1 aliphatic rings. The maximum absolute atomic E-state index is 13.2. The topological polar surface area (TPSA) is 92.5 Å². The van der Waals surface area contributed by atoms with E-state index in [1.165, 1.54) is 17.2 Å². The molecule has 184 valence electrons. The minimum absolute atomic E-state index is 0.000308. The fourth-order valence-corrected chi connectivity index (χ4v) is 3.94. The van der Waals surface area contributed by atoms with Crippen molar-refractivity contribution in [2.24, 2.45) is 5.92 Å². The number of hydrogen-bond acceptors (Lipinski definition) is 7. The Morgan fingerprint density at radius 2 is 2.00 bits per heavy atom. The fourth-order valence-electron chi connectivity index (χ4n) is 3.94. The van der Waals surface area contributed by atoms with E-state index >= 15 is 0 Å². The van der Waals surface area contributed by atoms with Crippen LogP contribution in [0, 0.1) is 5.92 Å². The molecule has 0 bridgehead atoms. The van der Waals surface area contributed by atoms with Crippen molar-refractivity contribution in [1.29, 1.82) is 0 Å². The molecule has 1 atom stereocenters. The van der Waals surface area contributed by atoms with Crippen molar-refractivity contribution in [1.82, 2.24) is 9.80 Å². The monoisotopic (exact) mass is 470 g/mol. The highest BCUT2D eigenvalue weighted by atomic mass is 16.5. The lowest BCUT2D eigenvalue weighted by atomic mass is 9.94. The van der Waals surface area contributed by atoms with Gasteiger partial charge in [0, 0.05) is 6.54 Å². The Morgan fingerprint density at radius 1 is 1.24 bits per heavy atom. The van der Waals surface area contributed by atoms with Crippen LogP contribution in [0.4, 0.5) is 0 Å². The zero-order valence-electron chi connectivity index (χ0n) is 20.5. The number of rotatable bonds is 12. The van der Waals surface area contributed by atoms with Crippen molar-refractivity contribution < 1.29 is 28.6 Å². The number of benzene rings is 1. The zero-order chi connectivity index (χ0) is 24.8. The highest BCUT2D eigenvalue weighted by molar-refractivity contribution is 6.15. The van der Waals surface area contributed by atoms with Gasteiger partial charge in [-0.3, -0.25) is 9.59 Å². The molecule has 2 heterocycles. The van der Waals surface area contributed by atoms with Crippen LogP contribution in [0.15, 0.2) is 52.3 Å². The quantitative estimate of drug-likeness (QED) is 0.464. The minimum Gasteiger partial charge on any atom is -0.503 e. The van der Waals surface area contributed by atoms with E-state index in [9.17, 15) is 14.7 Å². The molecule has 1 aromatic heterocycles. The first-order chi connectivity index (χ1) is 16.2. The second-order valence-electron chi connectivity index (χ2n) is 9.07. The van der Waals surface area contributed by atoms with Gasteiger partial charge in [-0.15, -0.1) is 0 Å². The molecule has 8 heteroatoms. The molecule has 1 unspecified atom stereocenters. The summed E-state index contributed by atoms with van der Waals surface area (Å²) >= 11 is 0. The Balaban J connectivity index is 1.98. The Bertz CT molecular complexity index is 1030. The van der Waals surface area contributed by atoms with Crippen LogP contribution in [-0.2, 0) is 4.79 Å². The number of ether oxygens (including phenoxy) is 2. The number of carbonyl (C=O) groups is 2. The van der Waals surface area contributed by atoms with Crippen molar-refractivity contribution >= 4 is 11.7 Å². The van der Waals surface area contributed by atoms with Gasteiger partial charge in [0.25, 0.3) is 5.91 Å². The lowest BCUT2D eigenvalue weighted by molar-refractivity contribution is -0.129. The van der Waals surface area contributed by atoms with Crippen LogP contribution >= 0.6 is 0 Å². The zero-order valence-corrected chi connectivity index (χ0v) is 20.5. The molecule has 0 fully saturated rings. The van der Waals surface area contributed by atoms with Gasteiger partial charge in [-0.2, -0.15) is 0 Å². The van der Waals surface area contributed by atoms with E-state index in [2.05, 4.69) is 13.8 Å². The van der Waals surface area contributed by atoms with Gasteiger partial charge in [0.15, 0.2) is 23.0 Å². The SMILES string of the molecule is COc1cc(C2C(C(=O)c3ccco3)=C(O)C(=O)N2CCCN(C)C)ccc1OCCC(C)C. The van der Waals surface area contributed by atoms with Crippen molar-refractivity contribution in [3.05, 3.63) is 59.3 Å². The smallest absolute Gasteiger partial charge is 0.290 e. The third-order valence-electron chi connectivity index (χ3n) is 5.75. The summed E-state index contributed by atoms with van der Waals surface area (Å²) in [5, 5.41) is 10.7. The molecule has 0 radical (unpaired) electrons. The van der Waals surface area contributed by atoms with E-state index < -0.39 is 23.5 Å². The number of methoxy groups -OCH3 is 1. The van der Waals surface area contributed by atoms with Gasteiger partial charge in [-0.1, -0.05) is 19.9 Å². The second kappa shape index (κ2) is 11.2. The van der Waals surface area contributed by atoms with E-state index in [0.717, 1.165) is 13.0 Å². The summed E-state index contributed by atoms with van der Waals surface area (Å²) in [4.78, 5) is 29.8. The second-order valence-corrected chi connectivity index (χ2v) is 9.07. The summed E-state index contributed by atoms with van der Waals surface area (Å²) in [5.74, 6) is 0.0130. The molecule has 0 saturated carbocycles. The molecule has 0 spiro atoms. The number of carbonyl (C=O) groups excluding carboxylic acids is 2. The number of nitrogens with zero attached hydrogens (tertiary/aromatic N) is 2. The predicted octanol–water partition coefficient (Wildman–Crippen LogP) is 4.24. The maximum atomic E-state index is 13.2.